The molecule has 44 heavy (non-hydrogen) atoms. The van der Waals surface area contributed by atoms with Gasteiger partial charge in [0.25, 0.3) is 5.91 Å². The maximum atomic E-state index is 14.1. The molecule has 0 radical (unpaired) electrons. The molecule has 3 amide bonds. The molecule has 3 fully saturated rings. The standard InChI is InChI=1S/C30H43N7O6S/c1-30(2,41)26-17-32-35-37(26)22-16-25(27(31)38)36(18-22)29(40)24(15-19-7-4-3-5-8-19)33-28(39)20-11-13-23(14-12-20)44(42,43)34-21-9-6-10-21/h11-14,17,19,21-22,24-25,34,41H,3-10,15-16,18H2,1-2H3,(H2,31,38)(H,33,39)/t22?,24-,25?/m1/s1. The highest BCUT2D eigenvalue weighted by Gasteiger charge is 2.44. The minimum absolute atomic E-state index is 0.0600. The Labute approximate surface area is 258 Å². The minimum Gasteiger partial charge on any atom is -0.384 e. The molecule has 14 heteroatoms. The monoisotopic (exact) mass is 629 g/mol. The van der Waals surface area contributed by atoms with Crippen LogP contribution >= 0.6 is 0 Å². The number of hydrogen-bond acceptors (Lipinski definition) is 8. The van der Waals surface area contributed by atoms with Gasteiger partial charge in [-0.2, -0.15) is 0 Å². The quantitative estimate of drug-likeness (QED) is 0.289. The first-order valence-corrected chi connectivity index (χ1v) is 17.0. The zero-order valence-electron chi connectivity index (χ0n) is 25.3. The number of rotatable bonds is 11. The molecule has 2 saturated carbocycles. The van der Waals surface area contributed by atoms with Crippen molar-refractivity contribution in [1.29, 1.82) is 0 Å². The van der Waals surface area contributed by atoms with Crippen molar-refractivity contribution >= 4 is 27.7 Å². The van der Waals surface area contributed by atoms with E-state index in [-0.39, 0.29) is 35.4 Å². The molecule has 240 valence electrons. The summed E-state index contributed by atoms with van der Waals surface area (Å²) in [7, 11) is -3.69. The lowest BCUT2D eigenvalue weighted by Gasteiger charge is -2.31. The van der Waals surface area contributed by atoms with Gasteiger partial charge in [-0.3, -0.25) is 14.4 Å². The number of aliphatic hydroxyl groups is 1. The second-order valence-corrected chi connectivity index (χ2v) is 14.7. The Morgan fingerprint density at radius 2 is 1.75 bits per heavy atom. The van der Waals surface area contributed by atoms with Gasteiger partial charge in [-0.05, 0) is 63.3 Å². The molecule has 2 heterocycles. The van der Waals surface area contributed by atoms with E-state index in [1.807, 2.05) is 0 Å². The number of benzene rings is 1. The first kappa shape index (κ1) is 32.0. The molecule has 1 aromatic carbocycles. The third-order valence-corrected chi connectivity index (χ3v) is 10.7. The summed E-state index contributed by atoms with van der Waals surface area (Å²) in [5, 5.41) is 21.6. The summed E-state index contributed by atoms with van der Waals surface area (Å²) in [5.41, 5.74) is 5.18. The number of carbonyl (C=O) groups excluding carboxylic acids is 3. The summed E-state index contributed by atoms with van der Waals surface area (Å²) >= 11 is 0. The molecule has 2 unspecified atom stereocenters. The number of nitrogens with two attached hydrogens (primary N) is 1. The average Bonchev–Trinajstić information content (AvgIpc) is 3.63. The van der Waals surface area contributed by atoms with Crippen LogP contribution in [0.5, 0.6) is 0 Å². The van der Waals surface area contributed by atoms with Crippen molar-refractivity contribution in [3.05, 3.63) is 41.7 Å². The minimum atomic E-state index is -3.69. The Hall–Kier alpha value is -3.36. The van der Waals surface area contributed by atoms with Crippen molar-refractivity contribution in [3.63, 3.8) is 0 Å². The number of hydrogen-bond donors (Lipinski definition) is 4. The average molecular weight is 630 g/mol. The highest BCUT2D eigenvalue weighted by molar-refractivity contribution is 7.89. The third-order valence-electron chi connectivity index (χ3n) is 9.19. The fourth-order valence-corrected chi connectivity index (χ4v) is 7.78. The van der Waals surface area contributed by atoms with Gasteiger partial charge < -0.3 is 21.1 Å². The van der Waals surface area contributed by atoms with Crippen LogP contribution in [0.4, 0.5) is 0 Å². The molecule has 13 nitrogen and oxygen atoms in total. The zero-order valence-corrected chi connectivity index (χ0v) is 26.1. The van der Waals surface area contributed by atoms with Crippen LogP contribution in [0.1, 0.15) is 100 Å². The van der Waals surface area contributed by atoms with Crippen molar-refractivity contribution in [3.8, 4) is 0 Å². The van der Waals surface area contributed by atoms with Gasteiger partial charge >= 0.3 is 0 Å². The summed E-state index contributed by atoms with van der Waals surface area (Å²) in [6.45, 7) is 3.32. The Bertz CT molecular complexity index is 1460. The summed E-state index contributed by atoms with van der Waals surface area (Å²) in [6.07, 6.45) is 9.78. The van der Waals surface area contributed by atoms with E-state index in [4.69, 9.17) is 5.73 Å². The molecule has 5 rings (SSSR count). The van der Waals surface area contributed by atoms with E-state index in [9.17, 15) is 27.9 Å². The molecule has 2 aromatic rings. The molecule has 5 N–H and O–H groups in total. The molecule has 1 aliphatic heterocycles. The second-order valence-electron chi connectivity index (χ2n) is 13.0. The van der Waals surface area contributed by atoms with Crippen molar-refractivity contribution in [1.82, 2.24) is 29.9 Å². The van der Waals surface area contributed by atoms with Crippen LogP contribution in [0.15, 0.2) is 35.4 Å². The van der Waals surface area contributed by atoms with Crippen molar-refractivity contribution in [2.45, 2.75) is 113 Å². The van der Waals surface area contributed by atoms with E-state index in [1.165, 1.54) is 40.0 Å². The highest BCUT2D eigenvalue weighted by atomic mass is 32.2. The molecule has 1 saturated heterocycles. The molecule has 1 aromatic heterocycles. The maximum Gasteiger partial charge on any atom is 0.251 e. The SMILES string of the molecule is CC(C)(O)c1cnnn1C1CC(C(N)=O)N(C(=O)[C@@H](CC2CCCCC2)NC(=O)c2ccc(S(=O)(=O)NC3CCC3)cc2)C1. The summed E-state index contributed by atoms with van der Waals surface area (Å²) in [5.74, 6) is -1.36. The largest absolute Gasteiger partial charge is 0.384 e. The van der Waals surface area contributed by atoms with Crippen LogP contribution in [-0.4, -0.2) is 75.8 Å². The molecule has 2 aliphatic carbocycles. The smallest absolute Gasteiger partial charge is 0.251 e. The fourth-order valence-electron chi connectivity index (χ4n) is 6.47. The lowest BCUT2D eigenvalue weighted by Crippen LogP contribution is -2.53. The van der Waals surface area contributed by atoms with E-state index in [0.29, 0.717) is 12.1 Å². The van der Waals surface area contributed by atoms with Crippen LogP contribution in [0.3, 0.4) is 0 Å². The number of likely N-dealkylation sites (tertiary alicyclic amines) is 1. The Morgan fingerprint density at radius 1 is 1.07 bits per heavy atom. The Balaban J connectivity index is 1.35. The van der Waals surface area contributed by atoms with E-state index in [0.717, 1.165) is 51.4 Å². The van der Waals surface area contributed by atoms with Crippen LogP contribution < -0.4 is 15.8 Å². The lowest BCUT2D eigenvalue weighted by molar-refractivity contribution is -0.139. The van der Waals surface area contributed by atoms with Gasteiger partial charge in [-0.25, -0.2) is 17.8 Å². The number of primary amides is 1. The van der Waals surface area contributed by atoms with Crippen molar-refractivity contribution in [2.24, 2.45) is 11.7 Å². The van der Waals surface area contributed by atoms with E-state index < -0.39 is 51.5 Å². The first-order chi connectivity index (χ1) is 20.8. The maximum absolute atomic E-state index is 14.1. The molecule has 0 bridgehead atoms. The zero-order chi connectivity index (χ0) is 31.6. The number of aromatic nitrogens is 3. The van der Waals surface area contributed by atoms with Crippen molar-refractivity contribution in [2.75, 3.05) is 6.54 Å². The number of nitrogens with zero attached hydrogens (tertiary/aromatic N) is 4. The van der Waals surface area contributed by atoms with Crippen LogP contribution in [0.25, 0.3) is 0 Å². The topological polar surface area (TPSA) is 190 Å². The number of amides is 3. The van der Waals surface area contributed by atoms with E-state index in [1.54, 1.807) is 13.8 Å². The number of sulfonamides is 1. The van der Waals surface area contributed by atoms with Gasteiger partial charge in [-0.1, -0.05) is 43.7 Å². The predicted octanol–water partition coefficient (Wildman–Crippen LogP) is 1.73. The lowest BCUT2D eigenvalue weighted by atomic mass is 9.84. The Morgan fingerprint density at radius 3 is 2.34 bits per heavy atom. The summed E-state index contributed by atoms with van der Waals surface area (Å²) in [4.78, 5) is 41.6. The van der Waals surface area contributed by atoms with Gasteiger partial charge in [0.15, 0.2) is 0 Å². The normalized spacial score (nSPS) is 22.4. The molecular formula is C30H43N7O6S. The van der Waals surface area contributed by atoms with Gasteiger partial charge in [0, 0.05) is 24.6 Å². The van der Waals surface area contributed by atoms with Crippen LogP contribution in [0.2, 0.25) is 0 Å². The Kier molecular flexibility index (Phi) is 9.42. The highest BCUT2D eigenvalue weighted by Crippen LogP contribution is 2.33. The van der Waals surface area contributed by atoms with E-state index in [2.05, 4.69) is 20.4 Å². The van der Waals surface area contributed by atoms with Gasteiger partial charge in [0.2, 0.25) is 21.8 Å². The van der Waals surface area contributed by atoms with Gasteiger partial charge in [0.1, 0.15) is 17.7 Å². The van der Waals surface area contributed by atoms with Gasteiger partial charge in [-0.15, -0.1) is 5.10 Å². The second kappa shape index (κ2) is 12.9. The number of carbonyl (C=O) groups is 3. The van der Waals surface area contributed by atoms with Crippen LogP contribution in [-0.2, 0) is 25.2 Å². The summed E-state index contributed by atoms with van der Waals surface area (Å²) in [6, 6.07) is 3.30. The molecular weight excluding hydrogens is 586 g/mol. The van der Waals surface area contributed by atoms with Gasteiger partial charge in [0.05, 0.1) is 22.8 Å². The van der Waals surface area contributed by atoms with Crippen LogP contribution in [0, 0.1) is 5.92 Å². The third kappa shape index (κ3) is 7.13. The molecule has 3 atom stereocenters. The van der Waals surface area contributed by atoms with Crippen molar-refractivity contribution < 1.29 is 27.9 Å². The fraction of sp³-hybridized carbons (Fsp3) is 0.633. The predicted molar refractivity (Wildman–Crippen MR) is 160 cm³/mol. The number of nitrogens with one attached hydrogen (secondary N) is 2. The molecule has 3 aliphatic rings. The first-order valence-electron chi connectivity index (χ1n) is 15.5. The summed E-state index contributed by atoms with van der Waals surface area (Å²) < 4.78 is 29.6. The van der Waals surface area contributed by atoms with E-state index >= 15 is 0 Å². The molecule has 0 spiro atoms.